The van der Waals surface area contributed by atoms with Gasteiger partial charge in [-0.15, -0.1) is 0 Å². The van der Waals surface area contributed by atoms with Crippen LogP contribution in [-0.2, 0) is 6.54 Å². The Hall–Kier alpha value is -2.77. The number of benzene rings is 1. The molecule has 0 aliphatic rings. The van der Waals surface area contributed by atoms with Gasteiger partial charge in [-0.2, -0.15) is 4.98 Å². The molecule has 6 nitrogen and oxygen atoms in total. The maximum atomic E-state index is 13.0. The first-order valence-corrected chi connectivity index (χ1v) is 5.44. The second kappa shape index (κ2) is 5.47. The Bertz CT molecular complexity index is 664. The third kappa shape index (κ3) is 2.79. The summed E-state index contributed by atoms with van der Waals surface area (Å²) in [5, 5.41) is 20.9. The van der Waals surface area contributed by atoms with E-state index in [-0.39, 0.29) is 6.54 Å². The minimum atomic E-state index is -1.03. The summed E-state index contributed by atoms with van der Waals surface area (Å²) < 4.78 is 25.7. The molecule has 8 heteroatoms. The fourth-order valence-electron chi connectivity index (χ4n) is 1.45. The van der Waals surface area contributed by atoms with Gasteiger partial charge in [0.25, 0.3) is 11.8 Å². The van der Waals surface area contributed by atoms with E-state index in [4.69, 9.17) is 5.11 Å². The van der Waals surface area contributed by atoms with Gasteiger partial charge in [-0.25, -0.2) is 13.8 Å². The van der Waals surface area contributed by atoms with Crippen LogP contribution < -0.4 is 5.32 Å². The molecular weight excluding hydrogens is 272 g/mol. The van der Waals surface area contributed by atoms with E-state index in [9.17, 15) is 18.7 Å². The predicted molar refractivity (Wildman–Crippen MR) is 62.9 cm³/mol. The molecule has 0 spiro atoms. The zero-order valence-electron chi connectivity index (χ0n) is 9.97. The van der Waals surface area contributed by atoms with Crippen molar-refractivity contribution in [3.05, 3.63) is 47.4 Å². The third-order valence-electron chi connectivity index (χ3n) is 2.46. The molecule has 2 aromatic rings. The van der Waals surface area contributed by atoms with Gasteiger partial charge in [0.1, 0.15) is 6.33 Å². The van der Waals surface area contributed by atoms with Crippen molar-refractivity contribution in [1.82, 2.24) is 15.3 Å². The van der Waals surface area contributed by atoms with Gasteiger partial charge in [0.05, 0.1) is 0 Å². The van der Waals surface area contributed by atoms with Gasteiger partial charge in [0, 0.05) is 6.54 Å². The SMILES string of the molecule is O=C(NCc1ccc(F)c(F)c1)c1ncnc(O)c1O. The summed E-state index contributed by atoms with van der Waals surface area (Å²) in [5.41, 5.74) is -0.0879. The van der Waals surface area contributed by atoms with Crippen molar-refractivity contribution in [1.29, 1.82) is 0 Å². The molecule has 0 aliphatic carbocycles. The molecular formula is C12H9F2N3O3. The van der Waals surface area contributed by atoms with Crippen LogP contribution in [0, 0.1) is 11.6 Å². The van der Waals surface area contributed by atoms with Crippen LogP contribution in [0.2, 0.25) is 0 Å². The number of hydrogen-bond donors (Lipinski definition) is 3. The summed E-state index contributed by atoms with van der Waals surface area (Å²) in [4.78, 5) is 18.5. The van der Waals surface area contributed by atoms with Crippen molar-refractivity contribution < 1.29 is 23.8 Å². The van der Waals surface area contributed by atoms with Crippen molar-refractivity contribution in [2.75, 3.05) is 0 Å². The van der Waals surface area contributed by atoms with E-state index in [0.29, 0.717) is 5.56 Å². The smallest absolute Gasteiger partial charge is 0.274 e. The number of carbonyl (C=O) groups is 1. The van der Waals surface area contributed by atoms with Gasteiger partial charge >= 0.3 is 0 Å². The molecule has 2 rings (SSSR count). The van der Waals surface area contributed by atoms with Crippen molar-refractivity contribution >= 4 is 5.91 Å². The highest BCUT2D eigenvalue weighted by Gasteiger charge is 2.16. The molecule has 0 atom stereocenters. The molecule has 0 unspecified atom stereocenters. The van der Waals surface area contributed by atoms with Gasteiger partial charge in [0.2, 0.25) is 5.75 Å². The second-order valence-electron chi connectivity index (χ2n) is 3.83. The van der Waals surface area contributed by atoms with Crippen LogP contribution in [0.5, 0.6) is 11.6 Å². The molecule has 1 aromatic carbocycles. The number of nitrogens with zero attached hydrogens (tertiary/aromatic N) is 2. The normalized spacial score (nSPS) is 10.3. The van der Waals surface area contributed by atoms with Crippen molar-refractivity contribution in [3.63, 3.8) is 0 Å². The summed E-state index contributed by atoms with van der Waals surface area (Å²) in [6.07, 6.45) is 0.904. The fraction of sp³-hybridized carbons (Fsp3) is 0.0833. The molecule has 104 valence electrons. The van der Waals surface area contributed by atoms with Crippen LogP contribution >= 0.6 is 0 Å². The first-order valence-electron chi connectivity index (χ1n) is 5.44. The summed E-state index contributed by atoms with van der Waals surface area (Å²) in [7, 11) is 0. The van der Waals surface area contributed by atoms with Gasteiger partial charge < -0.3 is 15.5 Å². The highest BCUT2D eigenvalue weighted by Crippen LogP contribution is 2.23. The summed E-state index contributed by atoms with van der Waals surface area (Å²) in [6, 6.07) is 3.17. The Morgan fingerprint density at radius 3 is 2.65 bits per heavy atom. The molecule has 0 saturated heterocycles. The third-order valence-corrected chi connectivity index (χ3v) is 2.46. The van der Waals surface area contributed by atoms with Gasteiger partial charge in [0.15, 0.2) is 17.3 Å². The number of carbonyl (C=O) groups excluding carboxylic acids is 1. The van der Waals surface area contributed by atoms with Crippen LogP contribution in [0.1, 0.15) is 16.1 Å². The van der Waals surface area contributed by atoms with Crippen LogP contribution in [-0.4, -0.2) is 26.1 Å². The molecule has 3 N–H and O–H groups in total. The molecule has 0 saturated carbocycles. The predicted octanol–water partition coefficient (Wildman–Crippen LogP) is 1.10. The Balaban J connectivity index is 2.08. The minimum absolute atomic E-state index is 0.0970. The average Bonchev–Trinajstić information content (AvgIpc) is 2.43. The van der Waals surface area contributed by atoms with Crippen LogP contribution in [0.15, 0.2) is 24.5 Å². The maximum absolute atomic E-state index is 13.0. The molecule has 1 heterocycles. The second-order valence-corrected chi connectivity index (χ2v) is 3.83. The lowest BCUT2D eigenvalue weighted by molar-refractivity contribution is 0.0941. The molecule has 1 amide bonds. The Morgan fingerprint density at radius 1 is 1.20 bits per heavy atom. The zero-order chi connectivity index (χ0) is 14.7. The van der Waals surface area contributed by atoms with E-state index in [1.165, 1.54) is 6.07 Å². The van der Waals surface area contributed by atoms with Gasteiger partial charge in [-0.1, -0.05) is 6.07 Å². The Labute approximate surface area is 111 Å². The van der Waals surface area contributed by atoms with E-state index >= 15 is 0 Å². The zero-order valence-corrected chi connectivity index (χ0v) is 9.97. The number of rotatable bonds is 3. The molecule has 20 heavy (non-hydrogen) atoms. The number of hydrogen-bond acceptors (Lipinski definition) is 5. The van der Waals surface area contributed by atoms with Crippen molar-refractivity contribution in [3.8, 4) is 11.6 Å². The lowest BCUT2D eigenvalue weighted by atomic mass is 10.2. The first-order chi connectivity index (χ1) is 9.49. The van der Waals surface area contributed by atoms with E-state index in [1.807, 2.05) is 0 Å². The van der Waals surface area contributed by atoms with Crippen molar-refractivity contribution in [2.24, 2.45) is 0 Å². The van der Waals surface area contributed by atoms with Crippen LogP contribution in [0.25, 0.3) is 0 Å². The fourth-order valence-corrected chi connectivity index (χ4v) is 1.45. The molecule has 0 aliphatic heterocycles. The average molecular weight is 281 g/mol. The largest absolute Gasteiger partial charge is 0.501 e. The minimum Gasteiger partial charge on any atom is -0.501 e. The van der Waals surface area contributed by atoms with Gasteiger partial charge in [-0.3, -0.25) is 4.79 Å². The van der Waals surface area contributed by atoms with E-state index < -0.39 is 34.9 Å². The number of aromatic hydroxyl groups is 2. The molecule has 0 bridgehead atoms. The van der Waals surface area contributed by atoms with Crippen LogP contribution in [0.4, 0.5) is 8.78 Å². The molecule has 0 fully saturated rings. The summed E-state index contributed by atoms with van der Waals surface area (Å²) >= 11 is 0. The lowest BCUT2D eigenvalue weighted by Gasteiger charge is -2.06. The number of nitrogens with one attached hydrogen (secondary N) is 1. The van der Waals surface area contributed by atoms with Crippen LogP contribution in [0.3, 0.4) is 0 Å². The standard InChI is InChI=1S/C12H9F2N3O3/c13-7-2-1-6(3-8(7)14)4-15-11(19)9-10(18)12(20)17-5-16-9/h1-3,5,18H,4H2,(H,15,19)(H,16,17,20). The Kier molecular flexibility index (Phi) is 3.74. The molecule has 1 aromatic heterocycles. The number of halogens is 2. The highest BCUT2D eigenvalue weighted by atomic mass is 19.2. The monoisotopic (exact) mass is 281 g/mol. The molecule has 0 radical (unpaired) electrons. The van der Waals surface area contributed by atoms with Gasteiger partial charge in [-0.05, 0) is 17.7 Å². The van der Waals surface area contributed by atoms with E-state index in [0.717, 1.165) is 18.5 Å². The van der Waals surface area contributed by atoms with E-state index in [2.05, 4.69) is 15.3 Å². The summed E-state index contributed by atoms with van der Waals surface area (Å²) in [6.45, 7) is -0.0970. The first kappa shape index (κ1) is 13.7. The summed E-state index contributed by atoms with van der Waals surface area (Å²) in [5.74, 6) is -4.28. The number of aromatic nitrogens is 2. The quantitative estimate of drug-likeness (QED) is 0.783. The van der Waals surface area contributed by atoms with Crippen molar-refractivity contribution in [2.45, 2.75) is 6.54 Å². The number of amides is 1. The maximum Gasteiger partial charge on any atom is 0.274 e. The topological polar surface area (TPSA) is 95.3 Å². The highest BCUT2D eigenvalue weighted by molar-refractivity contribution is 5.95. The Morgan fingerprint density at radius 2 is 1.95 bits per heavy atom. The lowest BCUT2D eigenvalue weighted by Crippen LogP contribution is -2.24. The van der Waals surface area contributed by atoms with E-state index in [1.54, 1.807) is 0 Å².